The Morgan fingerprint density at radius 1 is 1.11 bits per heavy atom. The molecule has 2 heterocycles. The van der Waals surface area contributed by atoms with Crippen LogP contribution in [0.1, 0.15) is 17.0 Å². The summed E-state index contributed by atoms with van der Waals surface area (Å²) in [6, 6.07) is 14.7. The maximum absolute atomic E-state index is 12.8. The number of rotatable bonds is 9. The van der Waals surface area contributed by atoms with Gasteiger partial charge in [0.15, 0.2) is 11.0 Å². The first kappa shape index (κ1) is 31.8. The van der Waals surface area contributed by atoms with Crippen molar-refractivity contribution in [1.29, 1.82) is 0 Å². The number of urea groups is 1. The zero-order valence-electron chi connectivity index (χ0n) is 23.7. The number of amides is 3. The summed E-state index contributed by atoms with van der Waals surface area (Å²) in [7, 11) is 1.56. The van der Waals surface area contributed by atoms with E-state index < -0.39 is 12.4 Å². The summed E-state index contributed by atoms with van der Waals surface area (Å²) in [6.45, 7) is 2.12. The van der Waals surface area contributed by atoms with Crippen LogP contribution in [0.5, 0.6) is 11.5 Å². The van der Waals surface area contributed by atoms with Crippen molar-refractivity contribution in [1.82, 2.24) is 14.8 Å². The summed E-state index contributed by atoms with van der Waals surface area (Å²) in [5.41, 5.74) is 3.13. The van der Waals surface area contributed by atoms with Crippen LogP contribution < -0.4 is 19.7 Å². The number of nitrogens with one attached hydrogen (secondary N) is 1. The van der Waals surface area contributed by atoms with Crippen LogP contribution >= 0.6 is 23.4 Å². The molecule has 234 valence electrons. The highest BCUT2D eigenvalue weighted by Gasteiger charge is 2.32. The molecule has 0 aliphatic carbocycles. The smallest absolute Gasteiger partial charge is 0.484 e. The number of hydrogen-bond acceptors (Lipinski definition) is 8. The number of hydrogen-bond donors (Lipinski definition) is 1. The Morgan fingerprint density at radius 3 is 2.60 bits per heavy atom. The van der Waals surface area contributed by atoms with Gasteiger partial charge < -0.3 is 19.5 Å². The standard InChI is InChI=1S/C29H24ClF3N6O5S/c1-17-3-4-18(13-42-2)23(11-17)39-26(40)15-45-28(39)36-27(41)35-19-5-10-24(22(30)12-19)43-14-25-34-16-38(37-25)20-6-8-21(9-7-20)44-29(31,32)33/h3-12,16H,13-15H2,1-2H3,(H,35,41)/b36-28-. The number of ether oxygens (including phenoxy) is 3. The number of aliphatic imine (C=N–C) groups is 1. The van der Waals surface area contributed by atoms with E-state index in [1.807, 2.05) is 25.1 Å². The van der Waals surface area contributed by atoms with Gasteiger partial charge in [-0.25, -0.2) is 14.5 Å². The average molecular weight is 661 g/mol. The van der Waals surface area contributed by atoms with E-state index >= 15 is 0 Å². The van der Waals surface area contributed by atoms with Crippen LogP contribution in [0.2, 0.25) is 5.02 Å². The third-order valence-corrected chi connectivity index (χ3v) is 7.38. The van der Waals surface area contributed by atoms with Gasteiger partial charge in [0.1, 0.15) is 24.4 Å². The van der Waals surface area contributed by atoms with Gasteiger partial charge in [0.2, 0.25) is 5.91 Å². The molecule has 5 rings (SSSR count). The maximum atomic E-state index is 12.8. The molecule has 0 spiro atoms. The third-order valence-electron chi connectivity index (χ3n) is 6.16. The van der Waals surface area contributed by atoms with Crippen LogP contribution in [-0.2, 0) is 22.7 Å². The van der Waals surface area contributed by atoms with Crippen LogP contribution in [-0.4, -0.2) is 51.1 Å². The molecule has 0 saturated carbocycles. The second-order valence-electron chi connectivity index (χ2n) is 9.49. The number of carbonyl (C=O) groups excluding carboxylic acids is 2. The van der Waals surface area contributed by atoms with Gasteiger partial charge in [-0.05, 0) is 61.0 Å². The first-order valence-electron chi connectivity index (χ1n) is 13.1. The Morgan fingerprint density at radius 2 is 1.89 bits per heavy atom. The molecule has 1 N–H and O–H groups in total. The van der Waals surface area contributed by atoms with Gasteiger partial charge >= 0.3 is 12.4 Å². The van der Waals surface area contributed by atoms with Gasteiger partial charge in [0, 0.05) is 18.4 Å². The number of aryl methyl sites for hydroxylation is 1. The minimum Gasteiger partial charge on any atom is -0.484 e. The van der Waals surface area contributed by atoms with E-state index in [9.17, 15) is 22.8 Å². The van der Waals surface area contributed by atoms with Crippen molar-refractivity contribution in [3.8, 4) is 17.2 Å². The lowest BCUT2D eigenvalue weighted by Crippen LogP contribution is -2.31. The highest BCUT2D eigenvalue weighted by Crippen LogP contribution is 2.32. The Labute approximate surface area is 263 Å². The number of aromatic nitrogens is 3. The summed E-state index contributed by atoms with van der Waals surface area (Å²) >= 11 is 7.53. The van der Waals surface area contributed by atoms with Crippen LogP contribution in [0.25, 0.3) is 5.69 Å². The fourth-order valence-electron chi connectivity index (χ4n) is 4.21. The summed E-state index contributed by atoms with van der Waals surface area (Å²) in [4.78, 5) is 35.2. The van der Waals surface area contributed by atoms with Crippen LogP contribution in [0, 0.1) is 6.92 Å². The maximum Gasteiger partial charge on any atom is 0.573 e. The zero-order chi connectivity index (χ0) is 32.1. The van der Waals surface area contributed by atoms with Crippen molar-refractivity contribution in [2.45, 2.75) is 26.5 Å². The molecule has 0 atom stereocenters. The number of halogens is 4. The predicted octanol–water partition coefficient (Wildman–Crippen LogP) is 6.52. The van der Waals surface area contributed by atoms with Crippen LogP contribution in [0.15, 0.2) is 72.0 Å². The van der Waals surface area contributed by atoms with Crippen LogP contribution in [0.3, 0.4) is 0 Å². The fourth-order valence-corrected chi connectivity index (χ4v) is 5.30. The number of methoxy groups -OCH3 is 1. The number of anilines is 2. The van der Waals surface area contributed by atoms with E-state index in [2.05, 4.69) is 25.1 Å². The number of amidine groups is 1. The van der Waals surface area contributed by atoms with E-state index in [1.54, 1.807) is 19.2 Å². The lowest BCUT2D eigenvalue weighted by Gasteiger charge is -2.20. The Balaban J connectivity index is 1.21. The normalized spacial score (nSPS) is 14.2. The molecule has 1 aromatic heterocycles. The molecule has 0 bridgehead atoms. The second-order valence-corrected chi connectivity index (χ2v) is 10.8. The first-order valence-corrected chi connectivity index (χ1v) is 14.5. The summed E-state index contributed by atoms with van der Waals surface area (Å²) in [5, 5.41) is 7.33. The summed E-state index contributed by atoms with van der Waals surface area (Å²) in [6.07, 6.45) is -3.40. The lowest BCUT2D eigenvalue weighted by atomic mass is 10.1. The number of carbonyl (C=O) groups is 2. The number of benzene rings is 3. The molecule has 1 aliphatic heterocycles. The molecule has 11 nitrogen and oxygen atoms in total. The second kappa shape index (κ2) is 13.6. The van der Waals surface area contributed by atoms with E-state index in [0.29, 0.717) is 22.8 Å². The molecule has 1 fully saturated rings. The summed E-state index contributed by atoms with van der Waals surface area (Å²) in [5.74, 6) is 0.155. The molecule has 0 radical (unpaired) electrons. The third kappa shape index (κ3) is 8.12. The van der Waals surface area contributed by atoms with Crippen molar-refractivity contribution < 1.29 is 37.0 Å². The molecule has 4 aromatic rings. The molecule has 45 heavy (non-hydrogen) atoms. The molecule has 0 unspecified atom stereocenters. The molecule has 3 amide bonds. The lowest BCUT2D eigenvalue weighted by molar-refractivity contribution is -0.274. The van der Waals surface area contributed by atoms with Gasteiger partial charge in [-0.3, -0.25) is 9.69 Å². The van der Waals surface area contributed by atoms with Gasteiger partial charge in [0.25, 0.3) is 0 Å². The highest BCUT2D eigenvalue weighted by atomic mass is 35.5. The molecule has 1 aliphatic rings. The average Bonchev–Trinajstić information content (AvgIpc) is 3.59. The van der Waals surface area contributed by atoms with Gasteiger partial charge in [0.05, 0.1) is 28.8 Å². The minimum atomic E-state index is -4.78. The zero-order valence-corrected chi connectivity index (χ0v) is 25.2. The van der Waals surface area contributed by atoms with Crippen LogP contribution in [0.4, 0.5) is 29.3 Å². The molecular formula is C29H24ClF3N6O5S. The van der Waals surface area contributed by atoms with Gasteiger partial charge in [-0.2, -0.15) is 4.99 Å². The minimum absolute atomic E-state index is 0.0630. The topological polar surface area (TPSA) is 120 Å². The SMILES string of the molecule is COCc1ccc(C)cc1N1C(=O)CS/C1=N\C(=O)Nc1ccc(OCc2ncn(-c3ccc(OC(F)(F)F)cc3)n2)c(Cl)c1. The Bertz CT molecular complexity index is 1750. The molecule has 16 heteroatoms. The molecule has 1 saturated heterocycles. The number of alkyl halides is 3. The quantitative estimate of drug-likeness (QED) is 0.215. The van der Waals surface area contributed by atoms with Crippen molar-refractivity contribution in [2.75, 3.05) is 23.1 Å². The van der Waals surface area contributed by atoms with E-state index in [-0.39, 0.29) is 46.6 Å². The summed E-state index contributed by atoms with van der Waals surface area (Å²) < 4.78 is 53.4. The monoisotopic (exact) mass is 660 g/mol. The first-order chi connectivity index (χ1) is 21.5. The van der Waals surface area contributed by atoms with Gasteiger partial charge in [-0.15, -0.1) is 18.3 Å². The van der Waals surface area contributed by atoms with Gasteiger partial charge in [-0.1, -0.05) is 35.5 Å². The van der Waals surface area contributed by atoms with E-state index in [0.717, 1.165) is 35.0 Å². The largest absolute Gasteiger partial charge is 0.573 e. The number of nitrogens with zero attached hydrogens (tertiary/aromatic N) is 5. The van der Waals surface area contributed by atoms with E-state index in [4.69, 9.17) is 21.1 Å². The highest BCUT2D eigenvalue weighted by molar-refractivity contribution is 8.15. The Hall–Kier alpha value is -4.60. The molecule has 3 aromatic carbocycles. The van der Waals surface area contributed by atoms with E-state index in [1.165, 1.54) is 34.1 Å². The van der Waals surface area contributed by atoms with Crippen molar-refractivity contribution in [3.63, 3.8) is 0 Å². The molecular weight excluding hydrogens is 637 g/mol. The van der Waals surface area contributed by atoms with Crippen molar-refractivity contribution in [3.05, 3.63) is 89.0 Å². The van der Waals surface area contributed by atoms with Crippen molar-refractivity contribution >= 4 is 51.8 Å². The van der Waals surface area contributed by atoms with Crippen molar-refractivity contribution in [2.24, 2.45) is 4.99 Å². The number of thioether (sulfide) groups is 1. The Kier molecular flexibility index (Phi) is 9.60. The predicted molar refractivity (Wildman–Crippen MR) is 162 cm³/mol. The fraction of sp³-hybridized carbons (Fsp3) is 0.207.